The second-order valence-electron chi connectivity index (χ2n) is 5.72. The normalized spacial score (nSPS) is 31.7. The Morgan fingerprint density at radius 1 is 1.52 bits per heavy atom. The van der Waals surface area contributed by atoms with E-state index >= 15 is 0 Å². The second-order valence-corrected chi connectivity index (χ2v) is 5.72. The number of ether oxygens (including phenoxy) is 3. The first kappa shape index (κ1) is 21.5. The number of carbonyl (C=O) groups excluding carboxylic acids is 2. The highest BCUT2D eigenvalue weighted by atomic mass is 16.7. The van der Waals surface area contributed by atoms with Crippen molar-refractivity contribution in [2.24, 2.45) is 5.73 Å². The number of carbonyl (C=O) groups is 2. The van der Waals surface area contributed by atoms with Crippen LogP contribution in [-0.4, -0.2) is 83.7 Å². The van der Waals surface area contributed by atoms with E-state index in [-0.39, 0.29) is 19.6 Å². The molecular formula is C15H26N2O8. The van der Waals surface area contributed by atoms with Crippen LogP contribution in [0.15, 0.2) is 12.7 Å². The molecule has 10 heteroatoms. The third-order valence-corrected chi connectivity index (χ3v) is 3.85. The van der Waals surface area contributed by atoms with Gasteiger partial charge in [-0.15, -0.1) is 6.58 Å². The Kier molecular flexibility index (Phi) is 7.93. The van der Waals surface area contributed by atoms with Crippen LogP contribution in [-0.2, 0) is 23.8 Å². The molecule has 0 saturated carbocycles. The third-order valence-electron chi connectivity index (χ3n) is 3.85. The lowest BCUT2D eigenvalue weighted by Crippen LogP contribution is -2.68. The zero-order chi connectivity index (χ0) is 19.2. The Labute approximate surface area is 145 Å². The van der Waals surface area contributed by atoms with Gasteiger partial charge in [0, 0.05) is 19.9 Å². The van der Waals surface area contributed by atoms with E-state index in [2.05, 4.69) is 16.6 Å². The number of hydrogen-bond donors (Lipinski definition) is 5. The van der Waals surface area contributed by atoms with Gasteiger partial charge in [0.15, 0.2) is 0 Å². The van der Waals surface area contributed by atoms with Crippen LogP contribution in [0, 0.1) is 0 Å². The highest BCUT2D eigenvalue weighted by Crippen LogP contribution is 2.34. The van der Waals surface area contributed by atoms with Gasteiger partial charge >= 0.3 is 5.97 Å². The minimum absolute atomic E-state index is 0.102. The smallest absolute Gasteiger partial charge is 0.366 e. The van der Waals surface area contributed by atoms with Crippen LogP contribution in [0.25, 0.3) is 0 Å². The summed E-state index contributed by atoms with van der Waals surface area (Å²) in [5.74, 6) is -3.46. The molecule has 0 aromatic heterocycles. The van der Waals surface area contributed by atoms with Crippen molar-refractivity contribution in [1.82, 2.24) is 5.32 Å². The highest BCUT2D eigenvalue weighted by Gasteiger charge is 2.56. The number of nitrogens with two attached hydrogens (primary N) is 1. The molecule has 1 amide bonds. The molecule has 1 aliphatic heterocycles. The first-order valence-electron chi connectivity index (χ1n) is 7.74. The van der Waals surface area contributed by atoms with Crippen molar-refractivity contribution in [3.8, 4) is 0 Å². The fourth-order valence-electron chi connectivity index (χ4n) is 2.65. The molecule has 0 bridgehead atoms. The average Bonchev–Trinajstić information content (AvgIpc) is 2.59. The lowest BCUT2D eigenvalue weighted by atomic mass is 9.88. The summed E-state index contributed by atoms with van der Waals surface area (Å²) in [6.07, 6.45) is -4.73. The van der Waals surface area contributed by atoms with Gasteiger partial charge in [0.2, 0.25) is 5.91 Å². The summed E-state index contributed by atoms with van der Waals surface area (Å²) in [5, 5.41) is 33.0. The molecule has 1 heterocycles. The number of hydrogen-bond acceptors (Lipinski definition) is 9. The summed E-state index contributed by atoms with van der Waals surface area (Å²) >= 11 is 0. The molecule has 2 unspecified atom stereocenters. The van der Waals surface area contributed by atoms with E-state index in [1.807, 2.05) is 0 Å². The number of aliphatic hydroxyl groups excluding tert-OH is 3. The number of aliphatic hydroxyl groups is 3. The van der Waals surface area contributed by atoms with Crippen LogP contribution < -0.4 is 11.1 Å². The molecule has 1 fully saturated rings. The summed E-state index contributed by atoms with van der Waals surface area (Å²) in [7, 11) is 1.11. The van der Waals surface area contributed by atoms with Gasteiger partial charge in [-0.1, -0.05) is 6.08 Å². The number of nitrogens with one attached hydrogen (secondary N) is 1. The van der Waals surface area contributed by atoms with Crippen molar-refractivity contribution in [3.63, 3.8) is 0 Å². The topological polar surface area (TPSA) is 161 Å². The lowest BCUT2D eigenvalue weighted by molar-refractivity contribution is -0.308. The van der Waals surface area contributed by atoms with E-state index in [1.54, 1.807) is 0 Å². The fourth-order valence-corrected chi connectivity index (χ4v) is 2.65. The average molecular weight is 362 g/mol. The maximum absolute atomic E-state index is 12.2. The SMILES string of the molecule is C=CCO[C@]1(C(=O)OC)C[C@@H](O)[C@@H](NC(C)=O)C([C@H](O)C(O)CN)O1. The van der Waals surface area contributed by atoms with E-state index in [0.717, 1.165) is 7.11 Å². The molecule has 6 N–H and O–H groups in total. The highest BCUT2D eigenvalue weighted by molar-refractivity contribution is 5.78. The molecule has 0 spiro atoms. The number of rotatable bonds is 8. The van der Waals surface area contributed by atoms with Crippen LogP contribution in [0.1, 0.15) is 13.3 Å². The predicted octanol–water partition coefficient (Wildman–Crippen LogP) is -2.61. The number of esters is 1. The molecule has 10 nitrogen and oxygen atoms in total. The van der Waals surface area contributed by atoms with E-state index in [0.29, 0.717) is 0 Å². The Bertz CT molecular complexity index is 488. The van der Waals surface area contributed by atoms with Crippen LogP contribution in [0.2, 0.25) is 0 Å². The molecule has 0 aliphatic carbocycles. The Balaban J connectivity index is 3.23. The van der Waals surface area contributed by atoms with E-state index in [9.17, 15) is 24.9 Å². The monoisotopic (exact) mass is 362 g/mol. The summed E-state index contributed by atoms with van der Waals surface area (Å²) in [4.78, 5) is 23.6. The third kappa shape index (κ3) is 4.97. The quantitative estimate of drug-likeness (QED) is 0.230. The van der Waals surface area contributed by atoms with Gasteiger partial charge in [-0.25, -0.2) is 4.79 Å². The molecule has 1 saturated heterocycles. The largest absolute Gasteiger partial charge is 0.465 e. The Hall–Kier alpha value is -1.56. The van der Waals surface area contributed by atoms with Gasteiger partial charge < -0.3 is 40.6 Å². The molecule has 1 rings (SSSR count). The Morgan fingerprint density at radius 3 is 2.64 bits per heavy atom. The molecule has 0 aromatic rings. The molecule has 144 valence electrons. The summed E-state index contributed by atoms with van der Waals surface area (Å²) in [5.41, 5.74) is 5.34. The van der Waals surface area contributed by atoms with Crippen molar-refractivity contribution in [1.29, 1.82) is 0 Å². The van der Waals surface area contributed by atoms with Crippen molar-refractivity contribution in [2.45, 2.75) is 49.6 Å². The standard InChI is InChI=1S/C15H26N2O8/c1-4-5-24-15(14(22)23-3)6-9(19)11(17-8(2)18)13(25-15)12(21)10(20)7-16/h4,9-13,19-21H,1,5-7,16H2,2-3H3,(H,17,18)/t9-,10?,11-,12-,13?,15-/m1/s1. The molecule has 0 radical (unpaired) electrons. The molecule has 25 heavy (non-hydrogen) atoms. The van der Waals surface area contributed by atoms with Gasteiger partial charge in [-0.2, -0.15) is 0 Å². The fraction of sp³-hybridized carbons (Fsp3) is 0.733. The van der Waals surface area contributed by atoms with Crippen LogP contribution in [0.3, 0.4) is 0 Å². The summed E-state index contributed by atoms with van der Waals surface area (Å²) < 4.78 is 15.7. The van der Waals surface area contributed by atoms with Gasteiger partial charge in [0.25, 0.3) is 5.79 Å². The first-order chi connectivity index (χ1) is 11.7. The van der Waals surface area contributed by atoms with Crippen molar-refractivity contribution >= 4 is 11.9 Å². The van der Waals surface area contributed by atoms with E-state index in [1.165, 1.54) is 13.0 Å². The molecule has 0 aromatic carbocycles. The van der Waals surface area contributed by atoms with Crippen molar-refractivity contribution in [2.75, 3.05) is 20.3 Å². The summed E-state index contributed by atoms with van der Waals surface area (Å²) in [6, 6.07) is -1.10. The van der Waals surface area contributed by atoms with Gasteiger partial charge in [-0.3, -0.25) is 4.79 Å². The van der Waals surface area contributed by atoms with Crippen LogP contribution in [0.4, 0.5) is 0 Å². The first-order valence-corrected chi connectivity index (χ1v) is 7.74. The van der Waals surface area contributed by atoms with Crippen LogP contribution >= 0.6 is 0 Å². The number of methoxy groups -OCH3 is 1. The molecular weight excluding hydrogens is 336 g/mol. The van der Waals surface area contributed by atoms with E-state index < -0.39 is 48.1 Å². The minimum atomic E-state index is -2.03. The maximum atomic E-state index is 12.2. The molecule has 6 atom stereocenters. The van der Waals surface area contributed by atoms with Crippen LogP contribution in [0.5, 0.6) is 0 Å². The number of amides is 1. The van der Waals surface area contributed by atoms with E-state index in [4.69, 9.17) is 15.2 Å². The van der Waals surface area contributed by atoms with Crippen molar-refractivity contribution < 1.29 is 39.1 Å². The maximum Gasteiger partial charge on any atom is 0.366 e. The van der Waals surface area contributed by atoms with Gasteiger partial charge in [-0.05, 0) is 0 Å². The lowest BCUT2D eigenvalue weighted by Gasteiger charge is -2.46. The molecule has 1 aliphatic rings. The zero-order valence-electron chi connectivity index (χ0n) is 14.3. The zero-order valence-corrected chi connectivity index (χ0v) is 14.3. The summed E-state index contributed by atoms with van der Waals surface area (Å²) in [6.45, 7) is 4.28. The van der Waals surface area contributed by atoms with Gasteiger partial charge in [0.05, 0.1) is 32.0 Å². The van der Waals surface area contributed by atoms with Gasteiger partial charge in [0.1, 0.15) is 12.2 Å². The van der Waals surface area contributed by atoms with Crippen molar-refractivity contribution in [3.05, 3.63) is 12.7 Å². The minimum Gasteiger partial charge on any atom is -0.465 e. The second kappa shape index (κ2) is 9.22. The predicted molar refractivity (Wildman–Crippen MR) is 85.1 cm³/mol. The Morgan fingerprint density at radius 2 is 2.16 bits per heavy atom.